The first-order valence-corrected chi connectivity index (χ1v) is 5.67. The normalized spacial score (nSPS) is 10.5. The summed E-state index contributed by atoms with van der Waals surface area (Å²) in [6, 6.07) is 8.05. The molecular formula is C12H17NOS. The van der Waals surface area contributed by atoms with Gasteiger partial charge in [0.15, 0.2) is 0 Å². The van der Waals surface area contributed by atoms with Gasteiger partial charge in [-0.15, -0.1) is 0 Å². The summed E-state index contributed by atoms with van der Waals surface area (Å²) in [7, 11) is 1.77. The minimum atomic E-state index is 0.00984. The Kier molecular flexibility index (Phi) is 4.21. The maximum absolute atomic E-state index is 11.4. The summed E-state index contributed by atoms with van der Waals surface area (Å²) >= 11 is 3.97. The fourth-order valence-corrected chi connectivity index (χ4v) is 1.55. The third-order valence-electron chi connectivity index (χ3n) is 2.46. The van der Waals surface area contributed by atoms with Crippen LogP contribution in [0.2, 0.25) is 0 Å². The van der Waals surface area contributed by atoms with E-state index in [1.165, 1.54) is 5.56 Å². The highest BCUT2D eigenvalue weighted by molar-refractivity contribution is 7.81. The van der Waals surface area contributed by atoms with Crippen molar-refractivity contribution in [3.63, 3.8) is 0 Å². The molecule has 0 aliphatic carbocycles. The Morgan fingerprint density at radius 2 is 1.87 bits per heavy atom. The van der Waals surface area contributed by atoms with Crippen LogP contribution in [-0.4, -0.2) is 18.7 Å². The maximum Gasteiger partial charge on any atom is 0.236 e. The predicted octanol–water partition coefficient (Wildman–Crippen LogP) is 2.70. The molecule has 2 nitrogen and oxygen atoms in total. The second-order valence-electron chi connectivity index (χ2n) is 3.86. The molecule has 3 heteroatoms. The number of amides is 1. The molecule has 0 aliphatic rings. The van der Waals surface area contributed by atoms with E-state index in [0.29, 0.717) is 5.92 Å². The number of carbonyl (C=O) groups is 1. The summed E-state index contributed by atoms with van der Waals surface area (Å²) in [5, 5.41) is 0. The van der Waals surface area contributed by atoms with E-state index in [9.17, 15) is 4.79 Å². The van der Waals surface area contributed by atoms with Gasteiger partial charge < -0.3 is 4.90 Å². The van der Waals surface area contributed by atoms with Gasteiger partial charge in [0.25, 0.3) is 0 Å². The lowest BCUT2D eigenvalue weighted by atomic mass is 10.0. The molecule has 0 N–H and O–H groups in total. The molecule has 0 unspecified atom stereocenters. The van der Waals surface area contributed by atoms with E-state index in [2.05, 4.69) is 38.6 Å². The molecule has 0 heterocycles. The number of hydrogen-bond acceptors (Lipinski definition) is 2. The van der Waals surface area contributed by atoms with Gasteiger partial charge in [0.05, 0.1) is 5.75 Å². The van der Waals surface area contributed by atoms with Crippen LogP contribution in [0.15, 0.2) is 24.3 Å². The molecular weight excluding hydrogens is 206 g/mol. The van der Waals surface area contributed by atoms with Gasteiger partial charge in [-0.25, -0.2) is 0 Å². The third kappa shape index (κ3) is 2.99. The minimum absolute atomic E-state index is 0.00984. The number of benzene rings is 1. The molecule has 0 saturated heterocycles. The van der Waals surface area contributed by atoms with Crippen LogP contribution < -0.4 is 4.90 Å². The van der Waals surface area contributed by atoms with Crippen LogP contribution in [0.25, 0.3) is 0 Å². The molecule has 1 amide bonds. The van der Waals surface area contributed by atoms with Crippen LogP contribution in [0.3, 0.4) is 0 Å². The van der Waals surface area contributed by atoms with E-state index in [1.54, 1.807) is 11.9 Å². The van der Waals surface area contributed by atoms with Crippen LogP contribution in [0, 0.1) is 0 Å². The highest BCUT2D eigenvalue weighted by Gasteiger charge is 2.08. The Hall–Kier alpha value is -0.960. The molecule has 0 atom stereocenters. The molecule has 1 aromatic rings. The van der Waals surface area contributed by atoms with Crippen molar-refractivity contribution in [3.8, 4) is 0 Å². The zero-order valence-electron chi connectivity index (χ0n) is 9.40. The first-order valence-electron chi connectivity index (χ1n) is 5.03. The number of carbonyl (C=O) groups excluding carboxylic acids is 1. The van der Waals surface area contributed by atoms with Gasteiger partial charge in [-0.2, -0.15) is 12.6 Å². The van der Waals surface area contributed by atoms with E-state index in [1.807, 2.05) is 12.1 Å². The molecule has 82 valence electrons. The highest BCUT2D eigenvalue weighted by Crippen LogP contribution is 2.19. The molecule has 0 spiro atoms. The fourth-order valence-electron chi connectivity index (χ4n) is 1.33. The Balaban J connectivity index is 2.84. The van der Waals surface area contributed by atoms with Crippen LogP contribution >= 0.6 is 12.6 Å². The van der Waals surface area contributed by atoms with Crippen LogP contribution in [0.4, 0.5) is 5.69 Å². The minimum Gasteiger partial charge on any atom is -0.315 e. The lowest BCUT2D eigenvalue weighted by molar-refractivity contribution is -0.115. The van der Waals surface area contributed by atoms with Crippen LogP contribution in [-0.2, 0) is 4.79 Å². The second kappa shape index (κ2) is 5.21. The number of anilines is 1. The Labute approximate surface area is 96.7 Å². The molecule has 15 heavy (non-hydrogen) atoms. The van der Waals surface area contributed by atoms with E-state index in [-0.39, 0.29) is 11.7 Å². The predicted molar refractivity (Wildman–Crippen MR) is 67.8 cm³/mol. The van der Waals surface area contributed by atoms with Crippen molar-refractivity contribution >= 4 is 24.2 Å². The number of rotatable bonds is 3. The van der Waals surface area contributed by atoms with Gasteiger partial charge in [0.2, 0.25) is 5.91 Å². The third-order valence-corrected chi connectivity index (χ3v) is 2.73. The van der Waals surface area contributed by atoms with E-state index < -0.39 is 0 Å². The molecule has 1 aromatic carbocycles. The largest absolute Gasteiger partial charge is 0.315 e. The van der Waals surface area contributed by atoms with Gasteiger partial charge in [0.1, 0.15) is 0 Å². The molecule has 0 bridgehead atoms. The summed E-state index contributed by atoms with van der Waals surface area (Å²) in [6.45, 7) is 4.30. The SMILES string of the molecule is CC(C)c1ccc(N(C)C(=O)CS)cc1. The van der Waals surface area contributed by atoms with Gasteiger partial charge in [-0.3, -0.25) is 4.79 Å². The van der Waals surface area contributed by atoms with Gasteiger partial charge in [-0.05, 0) is 23.6 Å². The summed E-state index contributed by atoms with van der Waals surface area (Å²) < 4.78 is 0. The molecule has 0 aliphatic heterocycles. The lowest BCUT2D eigenvalue weighted by Crippen LogP contribution is -2.27. The quantitative estimate of drug-likeness (QED) is 0.781. The van der Waals surface area contributed by atoms with Crippen molar-refractivity contribution in [1.82, 2.24) is 0 Å². The first-order chi connectivity index (χ1) is 7.06. The van der Waals surface area contributed by atoms with E-state index in [4.69, 9.17) is 0 Å². The summed E-state index contributed by atoms with van der Waals surface area (Å²) in [5.74, 6) is 0.767. The van der Waals surface area contributed by atoms with Crippen molar-refractivity contribution in [2.24, 2.45) is 0 Å². The lowest BCUT2D eigenvalue weighted by Gasteiger charge is -2.17. The molecule has 0 fully saturated rings. The van der Waals surface area contributed by atoms with Crippen molar-refractivity contribution in [1.29, 1.82) is 0 Å². The first kappa shape index (κ1) is 12.1. The van der Waals surface area contributed by atoms with Gasteiger partial charge in [-0.1, -0.05) is 26.0 Å². The fraction of sp³-hybridized carbons (Fsp3) is 0.417. The average Bonchev–Trinajstić information content (AvgIpc) is 2.27. The van der Waals surface area contributed by atoms with E-state index in [0.717, 1.165) is 5.69 Å². The monoisotopic (exact) mass is 223 g/mol. The van der Waals surface area contributed by atoms with Crippen molar-refractivity contribution in [2.75, 3.05) is 17.7 Å². The van der Waals surface area contributed by atoms with Crippen molar-refractivity contribution in [2.45, 2.75) is 19.8 Å². The van der Waals surface area contributed by atoms with Gasteiger partial charge >= 0.3 is 0 Å². The maximum atomic E-state index is 11.4. The summed E-state index contributed by atoms with van der Waals surface area (Å²) in [4.78, 5) is 13.0. The number of thiol groups is 1. The summed E-state index contributed by atoms with van der Waals surface area (Å²) in [5.41, 5.74) is 2.20. The second-order valence-corrected chi connectivity index (χ2v) is 4.17. The van der Waals surface area contributed by atoms with Crippen molar-refractivity contribution < 1.29 is 4.79 Å². The van der Waals surface area contributed by atoms with Crippen molar-refractivity contribution in [3.05, 3.63) is 29.8 Å². The van der Waals surface area contributed by atoms with Crippen LogP contribution in [0.1, 0.15) is 25.3 Å². The average molecular weight is 223 g/mol. The van der Waals surface area contributed by atoms with Gasteiger partial charge in [0, 0.05) is 12.7 Å². The molecule has 0 saturated carbocycles. The number of nitrogens with zero attached hydrogens (tertiary/aromatic N) is 1. The Morgan fingerprint density at radius 1 is 1.33 bits per heavy atom. The highest BCUT2D eigenvalue weighted by atomic mass is 32.1. The zero-order valence-corrected chi connectivity index (χ0v) is 10.3. The Bertz CT molecular complexity index is 332. The standard InChI is InChI=1S/C12H17NOS/c1-9(2)10-4-6-11(7-5-10)13(3)12(14)8-15/h4-7,9,15H,8H2,1-3H3. The molecule has 1 rings (SSSR count). The number of hydrogen-bond donors (Lipinski definition) is 1. The Morgan fingerprint density at radius 3 is 2.27 bits per heavy atom. The molecule has 0 aromatic heterocycles. The van der Waals surface area contributed by atoms with Crippen LogP contribution in [0.5, 0.6) is 0 Å². The zero-order chi connectivity index (χ0) is 11.4. The smallest absolute Gasteiger partial charge is 0.236 e. The topological polar surface area (TPSA) is 20.3 Å². The molecule has 0 radical (unpaired) electrons. The summed E-state index contributed by atoms with van der Waals surface area (Å²) in [6.07, 6.45) is 0. The van der Waals surface area contributed by atoms with E-state index >= 15 is 0 Å².